The minimum absolute atomic E-state index is 0.634. The van der Waals surface area contributed by atoms with E-state index in [1.54, 1.807) is 0 Å². The third kappa shape index (κ3) is 2.52. The molecule has 3 N–H and O–H groups in total. The summed E-state index contributed by atoms with van der Waals surface area (Å²) in [7, 11) is 0. The molecular formula is C13H19N3O2. The van der Waals surface area contributed by atoms with Gasteiger partial charge in [0.1, 0.15) is 12.1 Å². The Labute approximate surface area is 107 Å². The Morgan fingerprint density at radius 3 is 2.83 bits per heavy atom. The predicted octanol–water partition coefficient (Wildman–Crippen LogP) is 0.935. The maximum atomic E-state index is 9.17. The van der Waals surface area contributed by atoms with Gasteiger partial charge >= 0.3 is 0 Å². The van der Waals surface area contributed by atoms with Crippen LogP contribution in [0, 0.1) is 0 Å². The third-order valence-electron chi connectivity index (χ3n) is 3.15. The van der Waals surface area contributed by atoms with Crippen LogP contribution >= 0.6 is 0 Å². The summed E-state index contributed by atoms with van der Waals surface area (Å²) in [5.74, 6) is 0.653. The first kappa shape index (κ1) is 13.0. The molecule has 0 unspecified atom stereocenters. The zero-order valence-electron chi connectivity index (χ0n) is 10.7. The zero-order chi connectivity index (χ0) is 13.0. The van der Waals surface area contributed by atoms with Crippen molar-refractivity contribution in [1.29, 1.82) is 0 Å². The normalized spacial score (nSPS) is 16.3. The van der Waals surface area contributed by atoms with Gasteiger partial charge in [0.2, 0.25) is 0 Å². The number of fused-ring (bicyclic) bond motifs is 3. The molecule has 1 aromatic heterocycles. The van der Waals surface area contributed by atoms with Crippen LogP contribution in [0.25, 0.3) is 0 Å². The molecule has 5 nitrogen and oxygen atoms in total. The van der Waals surface area contributed by atoms with E-state index in [4.69, 9.17) is 10.5 Å². The van der Waals surface area contributed by atoms with E-state index >= 15 is 0 Å². The highest BCUT2D eigenvalue weighted by Gasteiger charge is 2.23. The Bertz CT molecular complexity index is 446. The molecule has 2 aliphatic heterocycles. The molecule has 0 radical (unpaired) electrons. The molecule has 18 heavy (non-hydrogen) atoms. The largest absolute Gasteiger partial charge is 0.383 e. The summed E-state index contributed by atoms with van der Waals surface area (Å²) >= 11 is 0. The maximum Gasteiger partial charge on any atom is 0.129 e. The van der Waals surface area contributed by atoms with E-state index in [2.05, 4.69) is 10.3 Å². The summed E-state index contributed by atoms with van der Waals surface area (Å²) in [6, 6.07) is 0. The molecule has 0 spiro atoms. The van der Waals surface area contributed by atoms with Gasteiger partial charge in [-0.3, -0.25) is 0 Å². The number of nitrogens with zero attached hydrogens (tertiary/aromatic N) is 1. The first-order valence-electron chi connectivity index (χ1n) is 6.29. The Hall–Kier alpha value is -1.46. The van der Waals surface area contributed by atoms with Gasteiger partial charge in [-0.2, -0.15) is 0 Å². The zero-order valence-corrected chi connectivity index (χ0v) is 10.7. The summed E-state index contributed by atoms with van der Waals surface area (Å²) in [5, 5.41) is 3.30. The van der Waals surface area contributed by atoms with Crippen LogP contribution < -0.4 is 11.1 Å². The van der Waals surface area contributed by atoms with Crippen molar-refractivity contribution in [2.24, 2.45) is 0 Å². The van der Waals surface area contributed by atoms with Crippen molar-refractivity contribution >= 4 is 12.1 Å². The Kier molecular flexibility index (Phi) is 4.28. The van der Waals surface area contributed by atoms with Gasteiger partial charge in [0.05, 0.1) is 18.9 Å². The highest BCUT2D eigenvalue weighted by atomic mass is 16.5. The lowest BCUT2D eigenvalue weighted by molar-refractivity contribution is -0.107. The van der Waals surface area contributed by atoms with Crippen molar-refractivity contribution in [2.75, 3.05) is 12.3 Å². The van der Waals surface area contributed by atoms with Crippen molar-refractivity contribution in [3.8, 4) is 0 Å². The molecule has 5 heteroatoms. The smallest absolute Gasteiger partial charge is 0.129 e. The average Bonchev–Trinajstić information content (AvgIpc) is 2.89. The lowest BCUT2D eigenvalue weighted by atomic mass is 9.97. The second-order valence-electron chi connectivity index (χ2n) is 4.37. The minimum Gasteiger partial charge on any atom is -0.383 e. The minimum atomic E-state index is 0.634. The van der Waals surface area contributed by atoms with Gasteiger partial charge in [-0.05, 0) is 24.1 Å². The highest BCUT2D eigenvalue weighted by Crippen LogP contribution is 2.30. The fourth-order valence-corrected chi connectivity index (χ4v) is 2.24. The second-order valence-corrected chi connectivity index (χ2v) is 4.37. The maximum absolute atomic E-state index is 9.17. The summed E-state index contributed by atoms with van der Waals surface area (Å²) < 4.78 is 5.42. The van der Waals surface area contributed by atoms with Crippen molar-refractivity contribution in [3.63, 3.8) is 0 Å². The van der Waals surface area contributed by atoms with Crippen molar-refractivity contribution in [1.82, 2.24) is 10.3 Å². The molecule has 0 amide bonds. The van der Waals surface area contributed by atoms with Gasteiger partial charge < -0.3 is 20.6 Å². The molecule has 98 valence electrons. The average molecular weight is 249 g/mol. The van der Waals surface area contributed by atoms with E-state index < -0.39 is 0 Å². The molecule has 3 rings (SSSR count). The number of rotatable bonds is 1. The van der Waals surface area contributed by atoms with E-state index in [1.807, 2.05) is 6.92 Å². The van der Waals surface area contributed by atoms with Gasteiger partial charge in [-0.1, -0.05) is 6.92 Å². The summed E-state index contributed by atoms with van der Waals surface area (Å²) in [5.41, 5.74) is 10.8. The molecule has 2 aliphatic rings. The molecule has 0 bridgehead atoms. The van der Waals surface area contributed by atoms with Crippen LogP contribution in [0.1, 0.15) is 35.7 Å². The molecule has 3 heterocycles. The topological polar surface area (TPSA) is 77.2 Å². The van der Waals surface area contributed by atoms with Crippen LogP contribution in [-0.2, 0) is 35.7 Å². The van der Waals surface area contributed by atoms with Gasteiger partial charge in [0, 0.05) is 18.5 Å². The Balaban J connectivity index is 0.000000267. The van der Waals surface area contributed by atoms with Gasteiger partial charge in [-0.15, -0.1) is 0 Å². The fraction of sp³-hybridized carbons (Fsp3) is 0.538. The molecule has 0 aliphatic carbocycles. The monoisotopic (exact) mass is 249 g/mol. The number of nitrogens with two attached hydrogens (primary N) is 1. The lowest BCUT2D eigenvalue weighted by Gasteiger charge is -2.19. The molecule has 1 aromatic rings. The molecule has 0 atom stereocenters. The number of carbonyl (C=O) groups excluding carboxylic acids is 1. The van der Waals surface area contributed by atoms with E-state index in [-0.39, 0.29) is 0 Å². The van der Waals surface area contributed by atoms with Crippen LogP contribution in [0.3, 0.4) is 0 Å². The molecule has 0 fully saturated rings. The highest BCUT2D eigenvalue weighted by molar-refractivity contribution is 5.52. The van der Waals surface area contributed by atoms with Gasteiger partial charge in [-0.25, -0.2) is 4.98 Å². The van der Waals surface area contributed by atoms with Gasteiger partial charge in [0.15, 0.2) is 0 Å². The Morgan fingerprint density at radius 1 is 1.39 bits per heavy atom. The molecule has 0 aromatic carbocycles. The first-order valence-corrected chi connectivity index (χ1v) is 6.29. The number of hydrogen-bond acceptors (Lipinski definition) is 5. The van der Waals surface area contributed by atoms with Gasteiger partial charge in [0.25, 0.3) is 0 Å². The quantitative estimate of drug-likeness (QED) is 0.724. The molecule has 0 saturated heterocycles. The number of carbonyl (C=O) groups is 1. The van der Waals surface area contributed by atoms with Crippen molar-refractivity contribution in [2.45, 2.75) is 39.5 Å². The van der Waals surface area contributed by atoms with E-state index in [0.717, 1.165) is 37.1 Å². The fourth-order valence-electron chi connectivity index (χ4n) is 2.24. The number of pyridine rings is 1. The van der Waals surface area contributed by atoms with Crippen molar-refractivity contribution < 1.29 is 9.53 Å². The summed E-state index contributed by atoms with van der Waals surface area (Å²) in [6.45, 7) is 5.03. The third-order valence-corrected chi connectivity index (χ3v) is 3.15. The number of nitrogens with one attached hydrogen (secondary N) is 1. The van der Waals surface area contributed by atoms with E-state index in [1.165, 1.54) is 11.1 Å². The van der Waals surface area contributed by atoms with E-state index in [0.29, 0.717) is 25.5 Å². The van der Waals surface area contributed by atoms with Crippen LogP contribution in [-0.4, -0.2) is 17.8 Å². The second kappa shape index (κ2) is 5.93. The summed E-state index contributed by atoms with van der Waals surface area (Å²) in [4.78, 5) is 13.6. The number of aromatic nitrogens is 1. The van der Waals surface area contributed by atoms with E-state index in [9.17, 15) is 4.79 Å². The van der Waals surface area contributed by atoms with Crippen LogP contribution in [0.5, 0.6) is 0 Å². The lowest BCUT2D eigenvalue weighted by Crippen LogP contribution is -2.26. The number of anilines is 1. The van der Waals surface area contributed by atoms with Crippen LogP contribution in [0.2, 0.25) is 0 Å². The molecule has 0 saturated carbocycles. The van der Waals surface area contributed by atoms with Crippen LogP contribution in [0.4, 0.5) is 5.82 Å². The predicted molar refractivity (Wildman–Crippen MR) is 68.9 cm³/mol. The van der Waals surface area contributed by atoms with Crippen molar-refractivity contribution in [3.05, 3.63) is 22.4 Å². The summed E-state index contributed by atoms with van der Waals surface area (Å²) in [6.07, 6.45) is 2.56. The van der Waals surface area contributed by atoms with Crippen LogP contribution in [0.15, 0.2) is 0 Å². The SMILES string of the molecule is CCC=O.Nc1nc2c(c3c1COC3)CCNC2. The number of nitrogen functional groups attached to an aromatic ring is 1. The first-order chi connectivity index (χ1) is 8.77. The Morgan fingerprint density at radius 2 is 2.11 bits per heavy atom. The number of ether oxygens (including phenoxy) is 1. The number of hydrogen-bond donors (Lipinski definition) is 2. The standard InChI is InChI=1S/C10H13N3O.C3H6O/c11-10-8-5-14-4-7(8)6-1-2-12-3-9(6)13-10;1-2-3-4/h12H,1-5H2,(H2,11,13);3H,2H2,1H3. The molecular weight excluding hydrogens is 230 g/mol. The number of aldehydes is 1.